The second-order valence-electron chi connectivity index (χ2n) is 5.69. The molecule has 2 atom stereocenters. The minimum absolute atomic E-state index is 0.0354. The van der Waals surface area contributed by atoms with Crippen LogP contribution in [0.25, 0.3) is 0 Å². The van der Waals surface area contributed by atoms with Crippen molar-refractivity contribution in [3.8, 4) is 0 Å². The van der Waals surface area contributed by atoms with E-state index in [9.17, 15) is 9.59 Å². The fourth-order valence-corrected chi connectivity index (χ4v) is 3.05. The smallest absolute Gasteiger partial charge is 0.303 e. The zero-order valence-corrected chi connectivity index (χ0v) is 12.1. The molecule has 0 aromatic carbocycles. The molecule has 0 saturated heterocycles. The van der Waals surface area contributed by atoms with Gasteiger partial charge in [0.15, 0.2) is 0 Å². The monoisotopic (exact) mass is 278 g/mol. The van der Waals surface area contributed by atoms with E-state index in [2.05, 4.69) is 16.9 Å². The standard InChI is InChI=1S/C15H22N2O3/c1-3-10-4-5-11(8-10)14-16-9(2)12(15(20)17-14)6-7-13(18)19/h10-11H,3-8H2,1-2H3,(H,18,19)(H,16,17,20). The number of H-pyrrole nitrogens is 1. The van der Waals surface area contributed by atoms with Crippen LogP contribution in [0.15, 0.2) is 4.79 Å². The van der Waals surface area contributed by atoms with Crippen molar-refractivity contribution in [3.63, 3.8) is 0 Å². The molecule has 1 heterocycles. The van der Waals surface area contributed by atoms with Crippen LogP contribution in [0.2, 0.25) is 0 Å². The Labute approximate surface area is 118 Å². The summed E-state index contributed by atoms with van der Waals surface area (Å²) in [5.74, 6) is 0.967. The minimum atomic E-state index is -0.894. The molecule has 1 aromatic rings. The van der Waals surface area contributed by atoms with Crippen LogP contribution in [0, 0.1) is 12.8 Å². The molecule has 5 nitrogen and oxygen atoms in total. The van der Waals surface area contributed by atoms with Gasteiger partial charge in [-0.1, -0.05) is 13.3 Å². The fourth-order valence-electron chi connectivity index (χ4n) is 3.05. The first-order valence-corrected chi connectivity index (χ1v) is 7.32. The summed E-state index contributed by atoms with van der Waals surface area (Å²) >= 11 is 0. The first-order valence-electron chi connectivity index (χ1n) is 7.32. The molecule has 0 bridgehead atoms. The summed E-state index contributed by atoms with van der Waals surface area (Å²) in [6.45, 7) is 3.99. The van der Waals surface area contributed by atoms with Crippen LogP contribution in [0.1, 0.15) is 62.0 Å². The molecule has 1 saturated carbocycles. The van der Waals surface area contributed by atoms with Gasteiger partial charge < -0.3 is 10.1 Å². The average Bonchev–Trinajstić information content (AvgIpc) is 2.86. The molecule has 20 heavy (non-hydrogen) atoms. The topological polar surface area (TPSA) is 83.0 Å². The highest BCUT2D eigenvalue weighted by Gasteiger charge is 2.27. The van der Waals surface area contributed by atoms with Crippen molar-refractivity contribution in [2.24, 2.45) is 5.92 Å². The average molecular weight is 278 g/mol. The summed E-state index contributed by atoms with van der Waals surface area (Å²) in [4.78, 5) is 30.1. The van der Waals surface area contributed by atoms with Gasteiger partial charge in [0.25, 0.3) is 5.56 Å². The molecular formula is C15H22N2O3. The number of rotatable bonds is 5. The Bertz CT molecular complexity index is 551. The number of hydrogen-bond acceptors (Lipinski definition) is 3. The number of aliphatic carboxylic acids is 1. The van der Waals surface area contributed by atoms with Crippen LogP contribution in [0.4, 0.5) is 0 Å². The van der Waals surface area contributed by atoms with Crippen LogP contribution >= 0.6 is 0 Å². The molecule has 2 N–H and O–H groups in total. The lowest BCUT2D eigenvalue weighted by molar-refractivity contribution is -0.136. The van der Waals surface area contributed by atoms with Crippen LogP contribution in [0.3, 0.4) is 0 Å². The maximum atomic E-state index is 12.1. The number of carboxylic acids is 1. The minimum Gasteiger partial charge on any atom is -0.481 e. The molecule has 1 fully saturated rings. The van der Waals surface area contributed by atoms with Gasteiger partial charge in [0.2, 0.25) is 0 Å². The van der Waals surface area contributed by atoms with Crippen molar-refractivity contribution in [1.29, 1.82) is 0 Å². The van der Waals surface area contributed by atoms with Crippen molar-refractivity contribution in [1.82, 2.24) is 9.97 Å². The Kier molecular flexibility index (Phi) is 4.57. The molecule has 110 valence electrons. The second kappa shape index (κ2) is 6.20. The third kappa shape index (κ3) is 3.26. The molecule has 1 aromatic heterocycles. The Balaban J connectivity index is 2.18. The van der Waals surface area contributed by atoms with Gasteiger partial charge in [0, 0.05) is 23.6 Å². The zero-order valence-electron chi connectivity index (χ0n) is 12.1. The van der Waals surface area contributed by atoms with E-state index in [1.807, 2.05) is 0 Å². The number of nitrogens with one attached hydrogen (secondary N) is 1. The van der Waals surface area contributed by atoms with E-state index < -0.39 is 5.97 Å². The van der Waals surface area contributed by atoms with E-state index >= 15 is 0 Å². The van der Waals surface area contributed by atoms with E-state index in [1.54, 1.807) is 6.92 Å². The molecule has 0 amide bonds. The van der Waals surface area contributed by atoms with Gasteiger partial charge in [-0.15, -0.1) is 0 Å². The first-order chi connectivity index (χ1) is 9.51. The quantitative estimate of drug-likeness (QED) is 0.866. The van der Waals surface area contributed by atoms with Crippen molar-refractivity contribution in [2.75, 3.05) is 0 Å². The van der Waals surface area contributed by atoms with Gasteiger partial charge in [-0.3, -0.25) is 9.59 Å². The molecule has 1 aliphatic rings. The van der Waals surface area contributed by atoms with Gasteiger partial charge >= 0.3 is 5.97 Å². The number of aryl methyl sites for hydroxylation is 1. The van der Waals surface area contributed by atoms with Crippen molar-refractivity contribution >= 4 is 5.97 Å². The van der Waals surface area contributed by atoms with Gasteiger partial charge in [-0.05, 0) is 38.5 Å². The SMILES string of the molecule is CCC1CCC(c2nc(C)c(CCC(=O)O)c(=O)[nH]2)C1. The normalized spacial score (nSPS) is 22.1. The van der Waals surface area contributed by atoms with Crippen LogP contribution in [-0.2, 0) is 11.2 Å². The zero-order chi connectivity index (χ0) is 14.7. The van der Waals surface area contributed by atoms with Crippen molar-refractivity contribution in [3.05, 3.63) is 27.4 Å². The van der Waals surface area contributed by atoms with E-state index in [0.29, 0.717) is 17.2 Å². The van der Waals surface area contributed by atoms with Crippen LogP contribution in [-0.4, -0.2) is 21.0 Å². The summed E-state index contributed by atoms with van der Waals surface area (Å²) in [5, 5.41) is 8.71. The summed E-state index contributed by atoms with van der Waals surface area (Å²) in [6, 6.07) is 0. The summed E-state index contributed by atoms with van der Waals surface area (Å²) in [7, 11) is 0. The van der Waals surface area contributed by atoms with E-state index in [-0.39, 0.29) is 18.4 Å². The van der Waals surface area contributed by atoms with Crippen molar-refractivity contribution < 1.29 is 9.90 Å². The molecular weight excluding hydrogens is 256 g/mol. The number of aromatic nitrogens is 2. The summed E-state index contributed by atoms with van der Waals surface area (Å²) in [6.07, 6.45) is 4.75. The van der Waals surface area contributed by atoms with Gasteiger partial charge in [0.1, 0.15) is 5.82 Å². The lowest BCUT2D eigenvalue weighted by atomic mass is 10.0. The number of carbonyl (C=O) groups is 1. The lowest BCUT2D eigenvalue weighted by Gasteiger charge is -2.12. The van der Waals surface area contributed by atoms with Gasteiger partial charge in [0.05, 0.1) is 0 Å². The van der Waals surface area contributed by atoms with Crippen LogP contribution < -0.4 is 5.56 Å². The van der Waals surface area contributed by atoms with Gasteiger partial charge in [-0.2, -0.15) is 0 Å². The largest absolute Gasteiger partial charge is 0.481 e. The molecule has 5 heteroatoms. The maximum absolute atomic E-state index is 12.1. The predicted octanol–water partition coefficient (Wildman–Crippen LogP) is 2.39. The molecule has 2 unspecified atom stereocenters. The highest BCUT2D eigenvalue weighted by molar-refractivity contribution is 5.67. The fraction of sp³-hybridized carbons (Fsp3) is 0.667. The number of nitrogens with zero attached hydrogens (tertiary/aromatic N) is 1. The molecule has 0 spiro atoms. The molecule has 1 aliphatic carbocycles. The van der Waals surface area contributed by atoms with Crippen LogP contribution in [0.5, 0.6) is 0 Å². The highest BCUT2D eigenvalue weighted by Crippen LogP contribution is 2.38. The lowest BCUT2D eigenvalue weighted by Crippen LogP contribution is -2.21. The third-order valence-corrected chi connectivity index (χ3v) is 4.33. The van der Waals surface area contributed by atoms with Gasteiger partial charge in [-0.25, -0.2) is 4.98 Å². The van der Waals surface area contributed by atoms with Crippen molar-refractivity contribution in [2.45, 2.75) is 58.3 Å². The van der Waals surface area contributed by atoms with E-state index in [0.717, 1.165) is 24.6 Å². The number of hydrogen-bond donors (Lipinski definition) is 2. The third-order valence-electron chi connectivity index (χ3n) is 4.33. The number of aromatic amines is 1. The number of carboxylic acid groups (broad SMARTS) is 1. The maximum Gasteiger partial charge on any atom is 0.303 e. The summed E-state index contributed by atoms with van der Waals surface area (Å²) in [5.41, 5.74) is 1.000. The van der Waals surface area contributed by atoms with E-state index in [4.69, 9.17) is 5.11 Å². The Morgan fingerprint density at radius 2 is 2.20 bits per heavy atom. The predicted molar refractivity (Wildman–Crippen MR) is 75.9 cm³/mol. The Hall–Kier alpha value is -1.65. The Morgan fingerprint density at radius 3 is 2.75 bits per heavy atom. The summed E-state index contributed by atoms with van der Waals surface area (Å²) < 4.78 is 0. The Morgan fingerprint density at radius 1 is 1.45 bits per heavy atom. The molecule has 0 radical (unpaired) electrons. The molecule has 2 rings (SSSR count). The van der Waals surface area contributed by atoms with E-state index in [1.165, 1.54) is 12.8 Å². The highest BCUT2D eigenvalue weighted by atomic mass is 16.4. The second-order valence-corrected chi connectivity index (χ2v) is 5.69. The first kappa shape index (κ1) is 14.8. The molecule has 0 aliphatic heterocycles.